The smallest absolute Gasteiger partial charge is 0.252 e. The molecule has 5 nitrogen and oxygen atoms in total. The van der Waals surface area contributed by atoms with E-state index in [1.165, 1.54) is 16.7 Å². The van der Waals surface area contributed by atoms with Gasteiger partial charge in [-0.05, 0) is 40.9 Å². The van der Waals surface area contributed by atoms with E-state index in [0.29, 0.717) is 12.0 Å². The third-order valence-electron chi connectivity index (χ3n) is 4.09. The van der Waals surface area contributed by atoms with Gasteiger partial charge in [-0.15, -0.1) is 0 Å². The molecule has 1 aromatic rings. The van der Waals surface area contributed by atoms with Crippen LogP contribution in [0.1, 0.15) is 12.1 Å². The Hall–Kier alpha value is -2.40. The van der Waals surface area contributed by atoms with Crippen LogP contribution in [-0.4, -0.2) is 33.6 Å². The maximum Gasteiger partial charge on any atom is 0.252 e. The Morgan fingerprint density at radius 2 is 2.33 bits per heavy atom. The molecule has 3 N–H and O–H groups in total. The Morgan fingerprint density at radius 3 is 3.10 bits per heavy atom. The summed E-state index contributed by atoms with van der Waals surface area (Å²) in [6.07, 6.45) is 10.9. The summed E-state index contributed by atoms with van der Waals surface area (Å²) in [7, 11) is 0. The number of fused-ring (bicyclic) bond motifs is 2. The molecule has 1 saturated carbocycles. The zero-order chi connectivity index (χ0) is 14.4. The number of nitrogens with one attached hydrogen (secondary N) is 2. The Bertz CT molecular complexity index is 736. The van der Waals surface area contributed by atoms with Crippen molar-refractivity contribution in [1.29, 1.82) is 0 Å². The zero-order valence-electron chi connectivity index (χ0n) is 11.4. The van der Waals surface area contributed by atoms with E-state index in [4.69, 9.17) is 0 Å². The number of carbonyl (C=O) groups is 1. The Balaban J connectivity index is 1.49. The third kappa shape index (κ3) is 2.06. The number of nitrogens with zero attached hydrogens (tertiary/aromatic N) is 1. The van der Waals surface area contributed by atoms with Gasteiger partial charge in [0.15, 0.2) is 0 Å². The molecule has 3 aliphatic carbocycles. The van der Waals surface area contributed by atoms with Crippen LogP contribution in [-0.2, 0) is 11.2 Å². The van der Waals surface area contributed by atoms with E-state index in [1.807, 2.05) is 12.2 Å². The number of hydrogen-bond acceptors (Lipinski definition) is 3. The lowest BCUT2D eigenvalue weighted by Gasteiger charge is -2.16. The van der Waals surface area contributed by atoms with Crippen molar-refractivity contribution in [3.63, 3.8) is 0 Å². The van der Waals surface area contributed by atoms with Crippen LogP contribution in [0, 0.1) is 0 Å². The van der Waals surface area contributed by atoms with Gasteiger partial charge in [0, 0.05) is 23.9 Å². The molecule has 0 aliphatic heterocycles. The molecule has 0 unspecified atom stereocenters. The van der Waals surface area contributed by atoms with E-state index in [0.717, 1.165) is 17.7 Å². The van der Waals surface area contributed by atoms with Gasteiger partial charge < -0.3 is 15.4 Å². The summed E-state index contributed by atoms with van der Waals surface area (Å²) < 4.78 is 0. The summed E-state index contributed by atoms with van der Waals surface area (Å²) in [6, 6.07) is -0.320. The van der Waals surface area contributed by atoms with E-state index in [2.05, 4.69) is 21.4 Å². The summed E-state index contributed by atoms with van der Waals surface area (Å²) in [4.78, 5) is 19.3. The fourth-order valence-corrected chi connectivity index (χ4v) is 2.92. The van der Waals surface area contributed by atoms with Crippen molar-refractivity contribution in [3.05, 3.63) is 64.3 Å². The van der Waals surface area contributed by atoms with Crippen LogP contribution >= 0.6 is 0 Å². The van der Waals surface area contributed by atoms with E-state index in [-0.39, 0.29) is 18.6 Å². The van der Waals surface area contributed by atoms with Gasteiger partial charge in [0.1, 0.15) is 0 Å². The minimum Gasteiger partial charge on any atom is -0.394 e. The highest BCUT2D eigenvalue weighted by Crippen LogP contribution is 2.51. The summed E-state index contributed by atoms with van der Waals surface area (Å²) in [6.45, 7) is -0.105. The molecule has 21 heavy (non-hydrogen) atoms. The molecule has 0 aromatic carbocycles. The second-order valence-corrected chi connectivity index (χ2v) is 5.53. The predicted octanol–water partition coefficient (Wildman–Crippen LogP) is 0.936. The summed E-state index contributed by atoms with van der Waals surface area (Å²) in [5.41, 5.74) is 6.54. The lowest BCUT2D eigenvalue weighted by molar-refractivity contribution is -0.118. The molecular weight excluding hydrogens is 266 g/mol. The van der Waals surface area contributed by atoms with E-state index >= 15 is 0 Å². The molecule has 0 radical (unpaired) electrons. The first-order chi connectivity index (χ1) is 10.3. The van der Waals surface area contributed by atoms with Gasteiger partial charge in [-0.3, -0.25) is 4.79 Å². The van der Waals surface area contributed by atoms with Gasteiger partial charge >= 0.3 is 0 Å². The van der Waals surface area contributed by atoms with Gasteiger partial charge in [-0.25, -0.2) is 4.98 Å². The summed E-state index contributed by atoms with van der Waals surface area (Å²) in [5, 5.41) is 12.3. The second-order valence-electron chi connectivity index (χ2n) is 5.53. The number of aliphatic hydroxyl groups is 1. The normalized spacial score (nSPS) is 19.6. The van der Waals surface area contributed by atoms with E-state index < -0.39 is 0 Å². The summed E-state index contributed by atoms with van der Waals surface area (Å²) >= 11 is 0. The summed E-state index contributed by atoms with van der Waals surface area (Å²) in [5.74, 6) is -0.131. The fourth-order valence-electron chi connectivity index (χ4n) is 2.92. The molecule has 0 spiro atoms. The number of carbonyl (C=O) groups excluding carboxylic acids is 1. The van der Waals surface area contributed by atoms with Crippen LogP contribution in [0.15, 0.2) is 58.6 Å². The van der Waals surface area contributed by atoms with Crippen molar-refractivity contribution in [2.24, 2.45) is 0 Å². The van der Waals surface area contributed by atoms with Crippen molar-refractivity contribution >= 4 is 5.91 Å². The number of rotatable bonds is 5. The van der Waals surface area contributed by atoms with Gasteiger partial charge in [0.2, 0.25) is 0 Å². The highest BCUT2D eigenvalue weighted by molar-refractivity contribution is 6.02. The first-order valence-electron chi connectivity index (χ1n) is 7.02. The Kier molecular flexibility index (Phi) is 2.68. The molecule has 1 atom stereocenters. The Morgan fingerprint density at radius 1 is 1.43 bits per heavy atom. The number of imidazole rings is 1. The van der Waals surface area contributed by atoms with Crippen LogP contribution < -0.4 is 5.32 Å². The van der Waals surface area contributed by atoms with Crippen molar-refractivity contribution < 1.29 is 9.90 Å². The zero-order valence-corrected chi connectivity index (χ0v) is 11.4. The number of allylic oxidation sites excluding steroid dienone is 6. The third-order valence-corrected chi connectivity index (χ3v) is 4.09. The predicted molar refractivity (Wildman–Crippen MR) is 77.2 cm³/mol. The van der Waals surface area contributed by atoms with Gasteiger partial charge in [0.05, 0.1) is 19.0 Å². The Labute approximate surface area is 121 Å². The number of aromatic nitrogens is 2. The average Bonchev–Trinajstić information content (AvgIpc) is 2.89. The number of aromatic amines is 1. The minimum atomic E-state index is -0.320. The first-order valence-corrected chi connectivity index (χ1v) is 7.02. The molecule has 1 amide bonds. The van der Waals surface area contributed by atoms with Crippen LogP contribution in [0.3, 0.4) is 0 Å². The number of hydrogen-bond donors (Lipinski definition) is 3. The molecule has 1 fully saturated rings. The van der Waals surface area contributed by atoms with Crippen LogP contribution in [0.5, 0.6) is 0 Å². The highest BCUT2D eigenvalue weighted by Gasteiger charge is 2.35. The second kappa shape index (κ2) is 4.56. The van der Waals surface area contributed by atoms with Crippen molar-refractivity contribution in [1.82, 2.24) is 15.3 Å². The fraction of sp³-hybridized carbons (Fsp3) is 0.250. The molecule has 3 aliphatic rings. The standard InChI is InChI=1S/C16H15N3O2/c20-7-11(5-10-6-17-8-18-10)19-16(21)13-2-1-12-14-3-9(14)4-15(12)13/h1-2,4,6,8,11,20H,3,5,7H2,(H,17,18)(H,19,21)/t11-/m0/s1. The maximum atomic E-state index is 12.4. The molecule has 0 saturated heterocycles. The van der Waals surface area contributed by atoms with Gasteiger partial charge in [-0.2, -0.15) is 0 Å². The number of aliphatic hydroxyl groups excluding tert-OH is 1. The van der Waals surface area contributed by atoms with Crippen LogP contribution in [0.25, 0.3) is 0 Å². The maximum absolute atomic E-state index is 12.4. The largest absolute Gasteiger partial charge is 0.394 e. The highest BCUT2D eigenvalue weighted by atomic mass is 16.3. The topological polar surface area (TPSA) is 78.0 Å². The molecule has 5 heteroatoms. The lowest BCUT2D eigenvalue weighted by atomic mass is 10.1. The molecule has 106 valence electrons. The van der Waals surface area contributed by atoms with Crippen molar-refractivity contribution in [2.45, 2.75) is 18.9 Å². The van der Waals surface area contributed by atoms with Gasteiger partial charge in [0.25, 0.3) is 5.91 Å². The lowest BCUT2D eigenvalue weighted by Crippen LogP contribution is -2.39. The monoisotopic (exact) mass is 281 g/mol. The van der Waals surface area contributed by atoms with Gasteiger partial charge in [-0.1, -0.05) is 6.08 Å². The number of H-pyrrole nitrogens is 1. The molecule has 1 aromatic heterocycles. The first kappa shape index (κ1) is 12.3. The molecule has 0 bridgehead atoms. The minimum absolute atomic E-state index is 0.105. The molecule has 4 rings (SSSR count). The van der Waals surface area contributed by atoms with E-state index in [9.17, 15) is 9.90 Å². The van der Waals surface area contributed by atoms with Crippen molar-refractivity contribution in [2.75, 3.05) is 6.61 Å². The molecule has 1 heterocycles. The average molecular weight is 281 g/mol. The van der Waals surface area contributed by atoms with E-state index in [1.54, 1.807) is 12.5 Å². The van der Waals surface area contributed by atoms with Crippen LogP contribution in [0.4, 0.5) is 0 Å². The van der Waals surface area contributed by atoms with Crippen LogP contribution in [0.2, 0.25) is 0 Å². The number of amides is 1. The quantitative estimate of drug-likeness (QED) is 0.751. The SMILES string of the molecule is O=C(N[C@H](CO)Cc1cnc[nH]1)C1=C2C=C3CC3=C2C=C1. The molecular formula is C16H15N3O2. The van der Waals surface area contributed by atoms with Crippen molar-refractivity contribution in [3.8, 4) is 0 Å².